The predicted molar refractivity (Wildman–Crippen MR) is 84.3 cm³/mol. The zero-order chi connectivity index (χ0) is 15.0. The van der Waals surface area contributed by atoms with Gasteiger partial charge in [-0.25, -0.2) is 0 Å². The van der Waals surface area contributed by atoms with Crippen LogP contribution in [0.2, 0.25) is 0 Å². The Kier molecular flexibility index (Phi) is 7.03. The Morgan fingerprint density at radius 2 is 1.90 bits per heavy atom. The second kappa shape index (κ2) is 8.28. The first kappa shape index (κ1) is 17.0. The van der Waals surface area contributed by atoms with Gasteiger partial charge in [0.1, 0.15) is 5.75 Å². The summed E-state index contributed by atoms with van der Waals surface area (Å²) in [5.74, 6) is 0.895. The van der Waals surface area contributed by atoms with E-state index in [1.807, 2.05) is 18.2 Å². The van der Waals surface area contributed by atoms with Crippen molar-refractivity contribution in [1.29, 1.82) is 0 Å². The van der Waals surface area contributed by atoms with Crippen LogP contribution >= 0.6 is 0 Å². The zero-order valence-corrected chi connectivity index (χ0v) is 13.5. The Balaban J connectivity index is 2.72. The third-order valence-electron chi connectivity index (χ3n) is 3.24. The molecule has 0 saturated heterocycles. The molecule has 1 rings (SSSR count). The number of hydrogen-bond donors (Lipinski definition) is 1. The molecular weight excluding hydrogens is 250 g/mol. The van der Waals surface area contributed by atoms with Gasteiger partial charge < -0.3 is 14.8 Å². The van der Waals surface area contributed by atoms with Crippen molar-refractivity contribution in [3.63, 3.8) is 0 Å². The van der Waals surface area contributed by atoms with Gasteiger partial charge in [-0.3, -0.25) is 0 Å². The highest BCUT2D eigenvalue weighted by Crippen LogP contribution is 2.28. The van der Waals surface area contributed by atoms with Crippen LogP contribution in [0.4, 0.5) is 0 Å². The van der Waals surface area contributed by atoms with Crippen molar-refractivity contribution < 1.29 is 9.47 Å². The first-order valence-electron chi connectivity index (χ1n) is 7.43. The first-order chi connectivity index (χ1) is 9.48. The molecule has 20 heavy (non-hydrogen) atoms. The van der Waals surface area contributed by atoms with E-state index >= 15 is 0 Å². The SMILES string of the molecule is CCNCC(OCCC(C)(C)C)c1ccccc1OC. The van der Waals surface area contributed by atoms with Crippen molar-refractivity contribution in [3.05, 3.63) is 29.8 Å². The van der Waals surface area contributed by atoms with Gasteiger partial charge in [-0.15, -0.1) is 0 Å². The summed E-state index contributed by atoms with van der Waals surface area (Å²) in [6.45, 7) is 11.3. The minimum atomic E-state index is 0.0356. The molecule has 0 radical (unpaired) electrons. The average Bonchev–Trinajstić information content (AvgIpc) is 2.41. The highest BCUT2D eigenvalue weighted by Gasteiger charge is 2.17. The number of ether oxygens (including phenoxy) is 2. The molecule has 0 amide bonds. The molecular formula is C17H29NO2. The van der Waals surface area contributed by atoms with Gasteiger partial charge in [-0.1, -0.05) is 45.9 Å². The summed E-state index contributed by atoms with van der Waals surface area (Å²) < 4.78 is 11.6. The molecule has 1 N–H and O–H groups in total. The summed E-state index contributed by atoms with van der Waals surface area (Å²) in [6, 6.07) is 8.09. The molecule has 1 aromatic rings. The van der Waals surface area contributed by atoms with E-state index in [2.05, 4.69) is 39.1 Å². The van der Waals surface area contributed by atoms with Crippen LogP contribution in [0, 0.1) is 5.41 Å². The quantitative estimate of drug-likeness (QED) is 0.785. The van der Waals surface area contributed by atoms with Crippen molar-refractivity contribution in [2.45, 2.75) is 40.2 Å². The number of methoxy groups -OCH3 is 1. The fourth-order valence-corrected chi connectivity index (χ4v) is 1.97. The normalized spacial score (nSPS) is 13.2. The Morgan fingerprint density at radius 1 is 1.20 bits per heavy atom. The molecule has 0 bridgehead atoms. The minimum absolute atomic E-state index is 0.0356. The number of likely N-dealkylation sites (N-methyl/N-ethyl adjacent to an activating group) is 1. The topological polar surface area (TPSA) is 30.5 Å². The second-order valence-electron chi connectivity index (χ2n) is 6.22. The third kappa shape index (κ3) is 5.93. The van der Waals surface area contributed by atoms with Crippen LogP contribution in [0.5, 0.6) is 5.75 Å². The van der Waals surface area contributed by atoms with Crippen LogP contribution in [0.15, 0.2) is 24.3 Å². The zero-order valence-electron chi connectivity index (χ0n) is 13.5. The Bertz CT molecular complexity index is 385. The second-order valence-corrected chi connectivity index (χ2v) is 6.22. The van der Waals surface area contributed by atoms with Gasteiger partial charge in [-0.2, -0.15) is 0 Å². The van der Waals surface area contributed by atoms with Crippen molar-refractivity contribution >= 4 is 0 Å². The van der Waals surface area contributed by atoms with E-state index in [-0.39, 0.29) is 6.10 Å². The van der Waals surface area contributed by atoms with Gasteiger partial charge in [0.15, 0.2) is 0 Å². The van der Waals surface area contributed by atoms with E-state index in [1.165, 1.54) is 0 Å². The van der Waals surface area contributed by atoms with Gasteiger partial charge >= 0.3 is 0 Å². The summed E-state index contributed by atoms with van der Waals surface area (Å²) in [5, 5.41) is 3.37. The van der Waals surface area contributed by atoms with Crippen molar-refractivity contribution in [2.75, 3.05) is 26.8 Å². The largest absolute Gasteiger partial charge is 0.496 e. The average molecular weight is 279 g/mol. The first-order valence-corrected chi connectivity index (χ1v) is 7.43. The lowest BCUT2D eigenvalue weighted by Gasteiger charge is -2.24. The van der Waals surface area contributed by atoms with Crippen LogP contribution in [0.1, 0.15) is 45.8 Å². The Morgan fingerprint density at radius 3 is 2.50 bits per heavy atom. The van der Waals surface area contributed by atoms with E-state index in [0.29, 0.717) is 5.41 Å². The molecule has 1 unspecified atom stereocenters. The third-order valence-corrected chi connectivity index (χ3v) is 3.24. The van der Waals surface area contributed by atoms with Gasteiger partial charge in [-0.05, 0) is 24.4 Å². The standard InChI is InChI=1S/C17H29NO2/c1-6-18-13-16(20-12-11-17(2,3)4)14-9-7-8-10-15(14)19-5/h7-10,16,18H,6,11-13H2,1-5H3. The summed E-state index contributed by atoms with van der Waals surface area (Å²) in [6.07, 6.45) is 1.08. The Hall–Kier alpha value is -1.06. The lowest BCUT2D eigenvalue weighted by atomic mass is 9.93. The predicted octanol–water partition coefficient (Wildman–Crippen LogP) is 3.80. The molecule has 0 spiro atoms. The van der Waals surface area contributed by atoms with Crippen molar-refractivity contribution in [3.8, 4) is 5.75 Å². The molecule has 0 aromatic heterocycles. The van der Waals surface area contributed by atoms with E-state index < -0.39 is 0 Å². The smallest absolute Gasteiger partial charge is 0.124 e. The van der Waals surface area contributed by atoms with Crippen LogP contribution < -0.4 is 10.1 Å². The summed E-state index contributed by atoms with van der Waals surface area (Å²) in [4.78, 5) is 0. The maximum atomic E-state index is 6.11. The number of nitrogens with one attached hydrogen (secondary N) is 1. The van der Waals surface area contributed by atoms with Crippen molar-refractivity contribution in [1.82, 2.24) is 5.32 Å². The molecule has 1 aromatic carbocycles. The molecule has 0 aliphatic heterocycles. The van der Waals surface area contributed by atoms with Gasteiger partial charge in [0.05, 0.1) is 13.2 Å². The van der Waals surface area contributed by atoms with Gasteiger partial charge in [0.25, 0.3) is 0 Å². The lowest BCUT2D eigenvalue weighted by molar-refractivity contribution is 0.0359. The highest BCUT2D eigenvalue weighted by atomic mass is 16.5. The van der Waals surface area contributed by atoms with Gasteiger partial charge in [0, 0.05) is 18.7 Å². The molecule has 1 atom stereocenters. The summed E-state index contributed by atoms with van der Waals surface area (Å²) in [5.41, 5.74) is 1.41. The molecule has 3 heteroatoms. The fraction of sp³-hybridized carbons (Fsp3) is 0.647. The molecule has 0 aliphatic rings. The maximum Gasteiger partial charge on any atom is 0.124 e. The van der Waals surface area contributed by atoms with Crippen LogP contribution in [0.3, 0.4) is 0 Å². The molecule has 114 valence electrons. The highest BCUT2D eigenvalue weighted by molar-refractivity contribution is 5.35. The number of hydrogen-bond acceptors (Lipinski definition) is 3. The molecule has 0 aliphatic carbocycles. The minimum Gasteiger partial charge on any atom is -0.496 e. The Labute approximate surface area is 123 Å². The van der Waals surface area contributed by atoms with E-state index in [9.17, 15) is 0 Å². The lowest BCUT2D eigenvalue weighted by Crippen LogP contribution is -2.24. The van der Waals surface area contributed by atoms with Crippen LogP contribution in [-0.4, -0.2) is 26.8 Å². The number of rotatable bonds is 8. The molecule has 0 fully saturated rings. The number of para-hydroxylation sites is 1. The maximum absolute atomic E-state index is 6.11. The van der Waals surface area contributed by atoms with Gasteiger partial charge in [0.2, 0.25) is 0 Å². The van der Waals surface area contributed by atoms with Crippen LogP contribution in [0.25, 0.3) is 0 Å². The van der Waals surface area contributed by atoms with E-state index in [4.69, 9.17) is 9.47 Å². The van der Waals surface area contributed by atoms with E-state index in [1.54, 1.807) is 7.11 Å². The summed E-state index contributed by atoms with van der Waals surface area (Å²) >= 11 is 0. The molecule has 0 saturated carbocycles. The van der Waals surface area contributed by atoms with Crippen LogP contribution in [-0.2, 0) is 4.74 Å². The molecule has 0 heterocycles. The summed E-state index contributed by atoms with van der Waals surface area (Å²) in [7, 11) is 1.71. The molecule has 3 nitrogen and oxygen atoms in total. The monoisotopic (exact) mass is 279 g/mol. The number of benzene rings is 1. The fourth-order valence-electron chi connectivity index (χ4n) is 1.97. The van der Waals surface area contributed by atoms with Crippen molar-refractivity contribution in [2.24, 2.45) is 5.41 Å². The van der Waals surface area contributed by atoms with E-state index in [0.717, 1.165) is 37.4 Å².